The molecule has 3 aromatic rings. The molecule has 2 amide bonds. The van der Waals surface area contributed by atoms with Gasteiger partial charge in [0.2, 0.25) is 0 Å². The molecule has 2 aromatic carbocycles. The van der Waals surface area contributed by atoms with Crippen molar-refractivity contribution in [3.05, 3.63) is 75.5 Å². The first kappa shape index (κ1) is 19.7. The van der Waals surface area contributed by atoms with E-state index in [2.05, 4.69) is 26.3 Å². The van der Waals surface area contributed by atoms with Crippen molar-refractivity contribution in [3.8, 4) is 5.69 Å². The number of likely N-dealkylation sites (tertiary alicyclic amines) is 1. The Kier molecular flexibility index (Phi) is 5.69. The Bertz CT molecular complexity index is 1060. The SMILES string of the molecule is O=C(Nc1ccc(Cl)cc1C(=O)N1CCCC1)c1cnn(-c2ccc(Br)cc2)c1. The number of hydrogen-bond donors (Lipinski definition) is 1. The van der Waals surface area contributed by atoms with Crippen LogP contribution in [0.25, 0.3) is 5.69 Å². The average Bonchev–Trinajstić information content (AvgIpc) is 3.41. The van der Waals surface area contributed by atoms with Crippen molar-refractivity contribution >= 4 is 45.0 Å². The van der Waals surface area contributed by atoms with E-state index in [4.69, 9.17) is 11.6 Å². The number of nitrogens with zero attached hydrogens (tertiary/aromatic N) is 3. The van der Waals surface area contributed by atoms with Crippen LogP contribution in [-0.4, -0.2) is 39.6 Å². The minimum absolute atomic E-state index is 0.120. The molecule has 1 fully saturated rings. The highest BCUT2D eigenvalue weighted by Gasteiger charge is 2.23. The van der Waals surface area contributed by atoms with Crippen LogP contribution < -0.4 is 5.32 Å². The van der Waals surface area contributed by atoms with E-state index in [0.717, 1.165) is 36.1 Å². The van der Waals surface area contributed by atoms with Crippen LogP contribution in [0.5, 0.6) is 0 Å². The fourth-order valence-corrected chi connectivity index (χ4v) is 3.70. The summed E-state index contributed by atoms with van der Waals surface area (Å²) in [6.45, 7) is 1.44. The van der Waals surface area contributed by atoms with Gasteiger partial charge in [0.15, 0.2) is 0 Å². The number of rotatable bonds is 4. The molecule has 1 N–H and O–H groups in total. The largest absolute Gasteiger partial charge is 0.339 e. The second-order valence-corrected chi connectivity index (χ2v) is 8.15. The zero-order valence-corrected chi connectivity index (χ0v) is 17.8. The van der Waals surface area contributed by atoms with Gasteiger partial charge in [-0.3, -0.25) is 9.59 Å². The first-order chi connectivity index (χ1) is 14.0. The van der Waals surface area contributed by atoms with Crippen molar-refractivity contribution in [2.24, 2.45) is 0 Å². The zero-order valence-electron chi connectivity index (χ0n) is 15.4. The molecule has 0 atom stereocenters. The summed E-state index contributed by atoms with van der Waals surface area (Å²) in [5.41, 5.74) is 2.06. The van der Waals surface area contributed by atoms with Gasteiger partial charge in [-0.15, -0.1) is 0 Å². The predicted octanol–water partition coefficient (Wildman–Crippen LogP) is 4.78. The predicted molar refractivity (Wildman–Crippen MR) is 116 cm³/mol. The highest BCUT2D eigenvalue weighted by atomic mass is 79.9. The normalized spacial score (nSPS) is 13.5. The topological polar surface area (TPSA) is 67.2 Å². The van der Waals surface area contributed by atoms with Gasteiger partial charge in [-0.05, 0) is 55.3 Å². The van der Waals surface area contributed by atoms with Gasteiger partial charge < -0.3 is 10.2 Å². The fraction of sp³-hybridized carbons (Fsp3) is 0.190. The lowest BCUT2D eigenvalue weighted by atomic mass is 10.1. The molecule has 6 nitrogen and oxygen atoms in total. The summed E-state index contributed by atoms with van der Waals surface area (Å²) in [6.07, 6.45) is 5.12. The highest BCUT2D eigenvalue weighted by Crippen LogP contribution is 2.25. The number of amides is 2. The van der Waals surface area contributed by atoms with E-state index in [1.807, 2.05) is 24.3 Å². The quantitative estimate of drug-likeness (QED) is 0.593. The van der Waals surface area contributed by atoms with Crippen LogP contribution >= 0.6 is 27.5 Å². The third-order valence-electron chi connectivity index (χ3n) is 4.79. The lowest BCUT2D eigenvalue weighted by Gasteiger charge is -2.18. The molecule has 0 radical (unpaired) electrons. The summed E-state index contributed by atoms with van der Waals surface area (Å²) in [7, 11) is 0. The Morgan fingerprint density at radius 2 is 1.79 bits per heavy atom. The number of hydrogen-bond acceptors (Lipinski definition) is 3. The maximum absolute atomic E-state index is 12.9. The summed E-state index contributed by atoms with van der Waals surface area (Å²) in [5, 5.41) is 7.54. The van der Waals surface area contributed by atoms with Crippen LogP contribution in [-0.2, 0) is 0 Å². The summed E-state index contributed by atoms with van der Waals surface area (Å²) >= 11 is 9.50. The van der Waals surface area contributed by atoms with E-state index in [1.165, 1.54) is 6.20 Å². The van der Waals surface area contributed by atoms with Crippen LogP contribution in [0.2, 0.25) is 5.02 Å². The standard InChI is InChI=1S/C21H18BrClN4O2/c22-15-3-6-17(7-4-15)27-13-14(12-24-27)20(28)25-19-8-5-16(23)11-18(19)21(29)26-9-1-2-10-26/h3-8,11-13H,1-2,9-10H2,(H,25,28). The number of anilines is 1. The summed E-state index contributed by atoms with van der Waals surface area (Å²) < 4.78 is 2.59. The lowest BCUT2D eigenvalue weighted by Crippen LogP contribution is -2.28. The second-order valence-electron chi connectivity index (χ2n) is 6.79. The maximum atomic E-state index is 12.9. The van der Waals surface area contributed by atoms with Crippen LogP contribution in [0.4, 0.5) is 5.69 Å². The molecule has 4 rings (SSSR count). The van der Waals surface area contributed by atoms with Gasteiger partial charge in [0.1, 0.15) is 0 Å². The first-order valence-electron chi connectivity index (χ1n) is 9.22. The number of carbonyl (C=O) groups is 2. The minimum atomic E-state index is -0.342. The van der Waals surface area contributed by atoms with Gasteiger partial charge in [-0.25, -0.2) is 4.68 Å². The molecule has 148 valence electrons. The maximum Gasteiger partial charge on any atom is 0.258 e. The van der Waals surface area contributed by atoms with Crippen molar-refractivity contribution < 1.29 is 9.59 Å². The Balaban J connectivity index is 1.56. The third kappa shape index (κ3) is 4.36. The Labute approximate surface area is 181 Å². The molecule has 29 heavy (non-hydrogen) atoms. The van der Waals surface area contributed by atoms with Gasteiger partial charge in [0, 0.05) is 28.8 Å². The van der Waals surface area contributed by atoms with Crippen LogP contribution in [0.3, 0.4) is 0 Å². The molecule has 1 saturated heterocycles. The molecule has 0 spiro atoms. The molecule has 8 heteroatoms. The molecule has 1 aromatic heterocycles. The van der Waals surface area contributed by atoms with Crippen molar-refractivity contribution in [1.29, 1.82) is 0 Å². The second kappa shape index (κ2) is 8.39. The van der Waals surface area contributed by atoms with Gasteiger partial charge in [-0.2, -0.15) is 5.10 Å². The van der Waals surface area contributed by atoms with Crippen molar-refractivity contribution in [2.45, 2.75) is 12.8 Å². The van der Waals surface area contributed by atoms with Gasteiger partial charge in [-0.1, -0.05) is 27.5 Å². The van der Waals surface area contributed by atoms with E-state index < -0.39 is 0 Å². The molecule has 0 bridgehead atoms. The third-order valence-corrected chi connectivity index (χ3v) is 5.55. The van der Waals surface area contributed by atoms with E-state index in [0.29, 0.717) is 21.8 Å². The summed E-state index contributed by atoms with van der Waals surface area (Å²) in [4.78, 5) is 27.4. The van der Waals surface area contributed by atoms with E-state index in [9.17, 15) is 9.59 Å². The first-order valence-corrected chi connectivity index (χ1v) is 10.4. The lowest BCUT2D eigenvalue weighted by molar-refractivity contribution is 0.0794. The van der Waals surface area contributed by atoms with Crippen molar-refractivity contribution in [1.82, 2.24) is 14.7 Å². The fourth-order valence-electron chi connectivity index (χ4n) is 3.26. The number of halogens is 2. The number of nitrogens with one attached hydrogen (secondary N) is 1. The highest BCUT2D eigenvalue weighted by molar-refractivity contribution is 9.10. The molecule has 0 unspecified atom stereocenters. The molecule has 2 heterocycles. The van der Waals surface area contributed by atoms with Gasteiger partial charge in [0.25, 0.3) is 11.8 Å². The van der Waals surface area contributed by atoms with Crippen LogP contribution in [0, 0.1) is 0 Å². The van der Waals surface area contributed by atoms with E-state index in [-0.39, 0.29) is 11.8 Å². The number of benzene rings is 2. The molecular formula is C21H18BrClN4O2. The summed E-state index contributed by atoms with van der Waals surface area (Å²) in [5.74, 6) is -0.461. The molecule has 0 saturated carbocycles. The monoisotopic (exact) mass is 472 g/mol. The van der Waals surface area contributed by atoms with Crippen LogP contribution in [0.15, 0.2) is 59.3 Å². The minimum Gasteiger partial charge on any atom is -0.339 e. The molecular weight excluding hydrogens is 456 g/mol. The summed E-state index contributed by atoms with van der Waals surface area (Å²) in [6, 6.07) is 12.5. The van der Waals surface area contributed by atoms with Crippen molar-refractivity contribution in [3.63, 3.8) is 0 Å². The Morgan fingerprint density at radius 1 is 1.07 bits per heavy atom. The van der Waals surface area contributed by atoms with E-state index >= 15 is 0 Å². The number of aromatic nitrogens is 2. The van der Waals surface area contributed by atoms with Gasteiger partial charge >= 0.3 is 0 Å². The Hall–Kier alpha value is -2.64. The van der Waals surface area contributed by atoms with E-state index in [1.54, 1.807) is 34.0 Å². The smallest absolute Gasteiger partial charge is 0.258 e. The number of carbonyl (C=O) groups excluding carboxylic acids is 2. The molecule has 1 aliphatic rings. The van der Waals surface area contributed by atoms with Crippen molar-refractivity contribution in [2.75, 3.05) is 18.4 Å². The van der Waals surface area contributed by atoms with Crippen LogP contribution in [0.1, 0.15) is 33.6 Å². The molecule has 0 aliphatic carbocycles. The van der Waals surface area contributed by atoms with Gasteiger partial charge in [0.05, 0.1) is 28.7 Å². The zero-order chi connectivity index (χ0) is 20.4. The Morgan fingerprint density at radius 3 is 2.52 bits per heavy atom. The molecule has 1 aliphatic heterocycles. The average molecular weight is 474 g/mol.